The fourth-order valence-electron chi connectivity index (χ4n) is 3.02. The number of carbonyl (C=O) groups excluding carboxylic acids is 1. The predicted octanol–water partition coefficient (Wildman–Crippen LogP) is 2.31. The number of ether oxygens (including phenoxy) is 1. The quantitative estimate of drug-likeness (QED) is 0.730. The van der Waals surface area contributed by atoms with Crippen molar-refractivity contribution in [1.82, 2.24) is 9.62 Å². The maximum Gasteiger partial charge on any atom is 0.243 e. The second-order valence-corrected chi connectivity index (χ2v) is 8.59. The molecule has 1 N–H and O–H groups in total. The number of nitrogens with zero attached hydrogens (tertiary/aromatic N) is 1. The van der Waals surface area contributed by atoms with Gasteiger partial charge in [-0.2, -0.15) is 4.31 Å². The maximum absolute atomic E-state index is 13.2. The molecule has 1 amide bonds. The molecule has 2 aromatic carbocycles. The number of benzene rings is 2. The van der Waals surface area contributed by atoms with E-state index in [1.807, 2.05) is 6.07 Å². The zero-order chi connectivity index (χ0) is 20.0. The average Bonchev–Trinajstić information content (AvgIpc) is 3.21. The van der Waals surface area contributed by atoms with Crippen molar-refractivity contribution in [3.63, 3.8) is 0 Å². The van der Waals surface area contributed by atoms with E-state index < -0.39 is 21.7 Å². The van der Waals surface area contributed by atoms with E-state index in [-0.39, 0.29) is 24.1 Å². The van der Waals surface area contributed by atoms with Gasteiger partial charge in [0.1, 0.15) is 5.82 Å². The summed E-state index contributed by atoms with van der Waals surface area (Å²) in [5.74, 6) is -0.931. The number of hydrogen-bond acceptors (Lipinski definition) is 4. The molecule has 1 saturated heterocycles. The average molecular weight is 406 g/mol. The number of carbonyl (C=O) groups is 1. The van der Waals surface area contributed by atoms with Crippen molar-refractivity contribution in [1.29, 1.82) is 0 Å². The van der Waals surface area contributed by atoms with Crippen LogP contribution in [0.4, 0.5) is 4.39 Å². The van der Waals surface area contributed by atoms with E-state index in [9.17, 15) is 17.6 Å². The molecule has 3 rings (SSSR count). The summed E-state index contributed by atoms with van der Waals surface area (Å²) in [5, 5.41) is 2.74. The second kappa shape index (κ2) is 9.27. The number of halogens is 1. The van der Waals surface area contributed by atoms with Crippen LogP contribution in [-0.2, 0) is 26.1 Å². The minimum absolute atomic E-state index is 0.0276. The van der Waals surface area contributed by atoms with E-state index in [2.05, 4.69) is 5.32 Å². The van der Waals surface area contributed by atoms with Gasteiger partial charge >= 0.3 is 0 Å². The van der Waals surface area contributed by atoms with Gasteiger partial charge in [-0.25, -0.2) is 12.8 Å². The van der Waals surface area contributed by atoms with Crippen molar-refractivity contribution in [3.8, 4) is 0 Å². The lowest BCUT2D eigenvalue weighted by Crippen LogP contribution is -2.42. The first-order valence-corrected chi connectivity index (χ1v) is 10.6. The Hall–Kier alpha value is -2.29. The molecule has 1 atom stereocenters. The summed E-state index contributed by atoms with van der Waals surface area (Å²) < 4.78 is 45.8. The fraction of sp³-hybridized carbons (Fsp3) is 0.350. The standard InChI is InChI=1S/C20H23FN2O4S/c21-17-8-10-19(11-9-17)28(25,26)23(14-16-5-2-1-3-6-16)15-20(24)22-13-18-7-4-12-27-18/h1-3,5-6,8-11,18H,4,7,12-15H2,(H,22,24)/t18-/m1/s1. The highest BCUT2D eigenvalue weighted by atomic mass is 32.2. The third kappa shape index (κ3) is 5.37. The molecule has 0 radical (unpaired) electrons. The van der Waals surface area contributed by atoms with Gasteiger partial charge in [0, 0.05) is 19.7 Å². The van der Waals surface area contributed by atoms with Crippen LogP contribution < -0.4 is 5.32 Å². The lowest BCUT2D eigenvalue weighted by molar-refractivity contribution is -0.121. The first-order valence-electron chi connectivity index (χ1n) is 9.13. The summed E-state index contributed by atoms with van der Waals surface area (Å²) in [6.07, 6.45) is 1.81. The van der Waals surface area contributed by atoms with Crippen molar-refractivity contribution in [2.75, 3.05) is 19.7 Å². The molecule has 0 spiro atoms. The number of nitrogens with one attached hydrogen (secondary N) is 1. The third-order valence-corrected chi connectivity index (χ3v) is 6.33. The lowest BCUT2D eigenvalue weighted by atomic mass is 10.2. The van der Waals surface area contributed by atoms with Gasteiger partial charge in [-0.05, 0) is 42.7 Å². The van der Waals surface area contributed by atoms with Crippen molar-refractivity contribution in [3.05, 3.63) is 66.0 Å². The van der Waals surface area contributed by atoms with Gasteiger partial charge in [0.15, 0.2) is 0 Å². The van der Waals surface area contributed by atoms with E-state index in [4.69, 9.17) is 4.74 Å². The Morgan fingerprint density at radius 3 is 2.50 bits per heavy atom. The number of sulfonamides is 1. The summed E-state index contributed by atoms with van der Waals surface area (Å²) in [4.78, 5) is 12.3. The van der Waals surface area contributed by atoms with Gasteiger partial charge in [-0.1, -0.05) is 30.3 Å². The molecule has 1 aliphatic rings. The number of amides is 1. The molecule has 1 fully saturated rings. The molecule has 0 saturated carbocycles. The van der Waals surface area contributed by atoms with Crippen LogP contribution in [0.2, 0.25) is 0 Å². The van der Waals surface area contributed by atoms with Crippen LogP contribution in [0.25, 0.3) is 0 Å². The van der Waals surface area contributed by atoms with E-state index in [0.29, 0.717) is 13.2 Å². The zero-order valence-corrected chi connectivity index (χ0v) is 16.2. The highest BCUT2D eigenvalue weighted by Gasteiger charge is 2.27. The van der Waals surface area contributed by atoms with Crippen LogP contribution in [0.1, 0.15) is 18.4 Å². The van der Waals surface area contributed by atoms with Crippen molar-refractivity contribution >= 4 is 15.9 Å². The second-order valence-electron chi connectivity index (χ2n) is 6.65. The van der Waals surface area contributed by atoms with Crippen molar-refractivity contribution in [2.24, 2.45) is 0 Å². The van der Waals surface area contributed by atoms with Crippen LogP contribution in [0, 0.1) is 5.82 Å². The number of hydrogen-bond donors (Lipinski definition) is 1. The van der Waals surface area contributed by atoms with Crippen LogP contribution in [0.5, 0.6) is 0 Å². The third-order valence-electron chi connectivity index (χ3n) is 4.52. The predicted molar refractivity (Wildman–Crippen MR) is 102 cm³/mol. The molecule has 2 aromatic rings. The topological polar surface area (TPSA) is 75.7 Å². The Kier molecular flexibility index (Phi) is 6.77. The molecule has 150 valence electrons. The highest BCUT2D eigenvalue weighted by molar-refractivity contribution is 7.89. The molecule has 0 aromatic heterocycles. The largest absolute Gasteiger partial charge is 0.376 e. The Morgan fingerprint density at radius 1 is 1.14 bits per heavy atom. The molecular weight excluding hydrogens is 383 g/mol. The molecule has 1 heterocycles. The fourth-order valence-corrected chi connectivity index (χ4v) is 4.40. The van der Waals surface area contributed by atoms with Crippen LogP contribution in [-0.4, -0.2) is 44.4 Å². The van der Waals surface area contributed by atoms with Gasteiger partial charge in [0.2, 0.25) is 15.9 Å². The van der Waals surface area contributed by atoms with Crippen molar-refractivity contribution < 1.29 is 22.3 Å². The van der Waals surface area contributed by atoms with E-state index in [0.717, 1.165) is 34.8 Å². The Morgan fingerprint density at radius 2 is 1.86 bits per heavy atom. The molecule has 0 aliphatic carbocycles. The molecular formula is C20H23FN2O4S. The Balaban J connectivity index is 1.75. The highest BCUT2D eigenvalue weighted by Crippen LogP contribution is 2.19. The van der Waals surface area contributed by atoms with Crippen LogP contribution in [0.3, 0.4) is 0 Å². The summed E-state index contributed by atoms with van der Waals surface area (Å²) in [6, 6.07) is 13.6. The van der Waals surface area contributed by atoms with E-state index >= 15 is 0 Å². The molecule has 28 heavy (non-hydrogen) atoms. The first kappa shape index (κ1) is 20.4. The monoisotopic (exact) mass is 406 g/mol. The van der Waals surface area contributed by atoms with Gasteiger partial charge in [-0.3, -0.25) is 4.79 Å². The van der Waals surface area contributed by atoms with Gasteiger partial charge in [-0.15, -0.1) is 0 Å². The summed E-state index contributed by atoms with van der Waals surface area (Å²) >= 11 is 0. The van der Waals surface area contributed by atoms with Crippen LogP contribution in [0.15, 0.2) is 59.5 Å². The van der Waals surface area contributed by atoms with Crippen LogP contribution >= 0.6 is 0 Å². The summed E-state index contributed by atoms with van der Waals surface area (Å²) in [6.45, 7) is 0.740. The summed E-state index contributed by atoms with van der Waals surface area (Å²) in [7, 11) is -3.97. The van der Waals surface area contributed by atoms with E-state index in [1.54, 1.807) is 24.3 Å². The Bertz CT molecular complexity index is 882. The van der Waals surface area contributed by atoms with E-state index in [1.165, 1.54) is 12.1 Å². The molecule has 6 nitrogen and oxygen atoms in total. The van der Waals surface area contributed by atoms with Crippen molar-refractivity contribution in [2.45, 2.75) is 30.4 Å². The minimum Gasteiger partial charge on any atom is -0.376 e. The number of rotatable bonds is 8. The first-order chi connectivity index (χ1) is 13.4. The normalized spacial score (nSPS) is 17.0. The minimum atomic E-state index is -3.97. The molecule has 0 bridgehead atoms. The molecule has 0 unspecified atom stereocenters. The van der Waals surface area contributed by atoms with Gasteiger partial charge < -0.3 is 10.1 Å². The Labute approximate surface area is 164 Å². The van der Waals surface area contributed by atoms with Gasteiger partial charge in [0.25, 0.3) is 0 Å². The van der Waals surface area contributed by atoms with Gasteiger partial charge in [0.05, 0.1) is 17.5 Å². The maximum atomic E-state index is 13.2. The smallest absolute Gasteiger partial charge is 0.243 e. The molecule has 8 heteroatoms. The molecule has 1 aliphatic heterocycles. The lowest BCUT2D eigenvalue weighted by Gasteiger charge is -2.22. The zero-order valence-electron chi connectivity index (χ0n) is 15.4. The SMILES string of the molecule is O=C(CN(Cc1ccccc1)S(=O)(=O)c1ccc(F)cc1)NC[C@H]1CCCO1. The summed E-state index contributed by atoms with van der Waals surface area (Å²) in [5.41, 5.74) is 0.750.